The number of nitrogens with one attached hydrogen (secondary N) is 1. The molecule has 0 aliphatic heterocycles. The summed E-state index contributed by atoms with van der Waals surface area (Å²) in [6.07, 6.45) is 0.692. The van der Waals surface area contributed by atoms with Gasteiger partial charge in [-0.25, -0.2) is 12.7 Å². The van der Waals surface area contributed by atoms with E-state index in [1.807, 2.05) is 6.92 Å². The van der Waals surface area contributed by atoms with E-state index in [4.69, 9.17) is 4.74 Å². The molecule has 0 unspecified atom stereocenters. The minimum Gasteiger partial charge on any atom is -0.385 e. The molecule has 1 aromatic rings. The van der Waals surface area contributed by atoms with Crippen molar-refractivity contribution in [2.75, 3.05) is 27.3 Å². The zero-order valence-corrected chi connectivity index (χ0v) is 15.1. The number of rotatable bonds is 9. The van der Waals surface area contributed by atoms with Gasteiger partial charge in [-0.3, -0.25) is 0 Å². The van der Waals surface area contributed by atoms with Crippen LogP contribution in [0, 0.1) is 6.92 Å². The molecule has 0 bridgehead atoms. The lowest BCUT2D eigenvalue weighted by Crippen LogP contribution is -2.28. The van der Waals surface area contributed by atoms with Gasteiger partial charge in [-0.15, -0.1) is 11.3 Å². The smallest absolute Gasteiger partial charge is 0.243 e. The molecule has 5 nitrogen and oxygen atoms in total. The Hall–Kier alpha value is -0.470. The average Bonchev–Trinajstić information content (AvgIpc) is 2.78. The van der Waals surface area contributed by atoms with Crippen LogP contribution >= 0.6 is 11.3 Å². The number of hydrogen-bond acceptors (Lipinski definition) is 5. The lowest BCUT2D eigenvalue weighted by Gasteiger charge is -2.16. The quantitative estimate of drug-likeness (QED) is 0.704. The van der Waals surface area contributed by atoms with E-state index in [0.29, 0.717) is 37.1 Å². The summed E-state index contributed by atoms with van der Waals surface area (Å²) in [5.41, 5.74) is 0. The van der Waals surface area contributed by atoms with E-state index in [0.717, 1.165) is 9.75 Å². The molecule has 1 aromatic heterocycles. The third-order valence-electron chi connectivity index (χ3n) is 3.12. The summed E-state index contributed by atoms with van der Waals surface area (Å²) in [5.74, 6) is 0. The van der Waals surface area contributed by atoms with Gasteiger partial charge in [0.25, 0.3) is 0 Å². The van der Waals surface area contributed by atoms with Crippen molar-refractivity contribution in [1.82, 2.24) is 9.62 Å². The van der Waals surface area contributed by atoms with E-state index in [9.17, 15) is 8.42 Å². The van der Waals surface area contributed by atoms with Gasteiger partial charge >= 0.3 is 0 Å². The Kier molecular flexibility index (Phi) is 7.29. The summed E-state index contributed by atoms with van der Waals surface area (Å²) in [6.45, 7) is 7.73. The van der Waals surface area contributed by atoms with Gasteiger partial charge in [0, 0.05) is 49.6 Å². The van der Waals surface area contributed by atoms with Crippen LogP contribution < -0.4 is 5.32 Å². The van der Waals surface area contributed by atoms with Crippen LogP contribution in [0.15, 0.2) is 11.0 Å². The van der Waals surface area contributed by atoms with Crippen molar-refractivity contribution < 1.29 is 13.2 Å². The zero-order valence-electron chi connectivity index (χ0n) is 13.5. The molecular weight excluding hydrogens is 308 g/mol. The monoisotopic (exact) mass is 334 g/mol. The Bertz CT molecular complexity index is 538. The van der Waals surface area contributed by atoms with E-state index < -0.39 is 10.0 Å². The van der Waals surface area contributed by atoms with Crippen LogP contribution in [-0.4, -0.2) is 46.1 Å². The third kappa shape index (κ3) is 5.34. The second kappa shape index (κ2) is 8.24. The maximum absolute atomic E-state index is 12.6. The van der Waals surface area contributed by atoms with Crippen LogP contribution in [0.25, 0.3) is 0 Å². The molecule has 0 radical (unpaired) electrons. The van der Waals surface area contributed by atoms with E-state index in [-0.39, 0.29) is 0 Å². The second-order valence-electron chi connectivity index (χ2n) is 5.34. The van der Waals surface area contributed by atoms with Gasteiger partial charge in [-0.05, 0) is 19.4 Å². The first-order valence-electron chi connectivity index (χ1n) is 7.07. The maximum Gasteiger partial charge on any atom is 0.243 e. The first kappa shape index (κ1) is 18.6. The highest BCUT2D eigenvalue weighted by molar-refractivity contribution is 7.89. The Balaban J connectivity index is 2.82. The van der Waals surface area contributed by atoms with Crippen molar-refractivity contribution in [2.24, 2.45) is 0 Å². The molecule has 1 rings (SSSR count). The lowest BCUT2D eigenvalue weighted by molar-refractivity contribution is 0.189. The third-order valence-corrected chi connectivity index (χ3v) is 6.28. The number of sulfonamides is 1. The van der Waals surface area contributed by atoms with E-state index in [1.54, 1.807) is 20.2 Å². The summed E-state index contributed by atoms with van der Waals surface area (Å²) >= 11 is 1.54. The SMILES string of the molecule is COCCCN(C)S(=O)(=O)c1cc(CNC(C)C)sc1C. The van der Waals surface area contributed by atoms with Gasteiger partial charge in [0.05, 0.1) is 4.90 Å². The Morgan fingerprint density at radius 1 is 1.43 bits per heavy atom. The van der Waals surface area contributed by atoms with Crippen molar-refractivity contribution in [3.8, 4) is 0 Å². The van der Waals surface area contributed by atoms with Crippen LogP contribution in [0.3, 0.4) is 0 Å². The van der Waals surface area contributed by atoms with Gasteiger partial charge in [0.2, 0.25) is 10.0 Å². The summed E-state index contributed by atoms with van der Waals surface area (Å²) in [7, 11) is -0.172. The Morgan fingerprint density at radius 2 is 2.10 bits per heavy atom. The molecule has 21 heavy (non-hydrogen) atoms. The van der Waals surface area contributed by atoms with Crippen molar-refractivity contribution in [1.29, 1.82) is 0 Å². The summed E-state index contributed by atoms with van der Waals surface area (Å²) in [4.78, 5) is 2.31. The molecular formula is C14H26N2O3S2. The lowest BCUT2D eigenvalue weighted by atomic mass is 10.3. The highest BCUT2D eigenvalue weighted by Gasteiger charge is 2.24. The Morgan fingerprint density at radius 3 is 2.67 bits per heavy atom. The zero-order chi connectivity index (χ0) is 16.0. The van der Waals surface area contributed by atoms with Crippen LogP contribution in [0.5, 0.6) is 0 Å². The molecule has 122 valence electrons. The highest BCUT2D eigenvalue weighted by atomic mass is 32.2. The highest BCUT2D eigenvalue weighted by Crippen LogP contribution is 2.27. The van der Waals surface area contributed by atoms with Crippen molar-refractivity contribution >= 4 is 21.4 Å². The molecule has 1 heterocycles. The number of nitrogens with zero attached hydrogens (tertiary/aromatic N) is 1. The van der Waals surface area contributed by atoms with Crippen LogP contribution in [-0.2, 0) is 21.3 Å². The molecule has 0 saturated carbocycles. The molecule has 7 heteroatoms. The van der Waals surface area contributed by atoms with Gasteiger partial charge < -0.3 is 10.1 Å². The number of thiophene rings is 1. The number of aryl methyl sites for hydroxylation is 1. The second-order valence-corrected chi connectivity index (χ2v) is 8.70. The minimum atomic E-state index is -3.41. The first-order chi connectivity index (χ1) is 9.78. The van der Waals surface area contributed by atoms with E-state index in [2.05, 4.69) is 19.2 Å². The average molecular weight is 335 g/mol. The number of hydrogen-bond donors (Lipinski definition) is 1. The Labute approximate surface area is 132 Å². The molecule has 1 N–H and O–H groups in total. The van der Waals surface area contributed by atoms with Crippen LogP contribution in [0.4, 0.5) is 0 Å². The molecule has 0 aromatic carbocycles. The van der Waals surface area contributed by atoms with E-state index in [1.165, 1.54) is 15.6 Å². The fourth-order valence-corrected chi connectivity index (χ4v) is 4.65. The topological polar surface area (TPSA) is 58.6 Å². The van der Waals surface area contributed by atoms with Crippen molar-refractivity contribution in [2.45, 2.75) is 44.7 Å². The molecule has 0 atom stereocenters. The van der Waals surface area contributed by atoms with Gasteiger partial charge in [0.1, 0.15) is 0 Å². The fraction of sp³-hybridized carbons (Fsp3) is 0.714. The summed E-state index contributed by atoms with van der Waals surface area (Å²) < 4.78 is 31.5. The standard InChI is InChI=1S/C14H26N2O3S2/c1-11(2)15-10-13-9-14(12(3)20-13)21(17,18)16(4)7-6-8-19-5/h9,11,15H,6-8,10H2,1-5H3. The number of methoxy groups -OCH3 is 1. The normalized spacial score (nSPS) is 12.5. The van der Waals surface area contributed by atoms with Gasteiger partial charge in [0.15, 0.2) is 0 Å². The molecule has 0 spiro atoms. The van der Waals surface area contributed by atoms with Crippen LogP contribution in [0.1, 0.15) is 30.0 Å². The van der Waals surface area contributed by atoms with Gasteiger partial charge in [-0.1, -0.05) is 13.8 Å². The van der Waals surface area contributed by atoms with Crippen LogP contribution in [0.2, 0.25) is 0 Å². The van der Waals surface area contributed by atoms with Gasteiger partial charge in [-0.2, -0.15) is 0 Å². The minimum absolute atomic E-state index is 0.379. The summed E-state index contributed by atoms with van der Waals surface area (Å²) in [5, 5.41) is 3.31. The van der Waals surface area contributed by atoms with Crippen molar-refractivity contribution in [3.63, 3.8) is 0 Å². The molecule has 0 amide bonds. The predicted molar refractivity (Wildman–Crippen MR) is 87.3 cm³/mol. The fourth-order valence-electron chi connectivity index (χ4n) is 1.89. The molecule has 0 saturated heterocycles. The van der Waals surface area contributed by atoms with Crippen molar-refractivity contribution in [3.05, 3.63) is 15.8 Å². The predicted octanol–water partition coefficient (Wildman–Crippen LogP) is 2.21. The summed E-state index contributed by atoms with van der Waals surface area (Å²) in [6, 6.07) is 2.17. The molecule has 0 aliphatic carbocycles. The largest absolute Gasteiger partial charge is 0.385 e. The maximum atomic E-state index is 12.6. The number of ether oxygens (including phenoxy) is 1. The first-order valence-corrected chi connectivity index (χ1v) is 9.32. The molecule has 0 aliphatic rings. The molecule has 0 fully saturated rings. The van der Waals surface area contributed by atoms with E-state index >= 15 is 0 Å².